The van der Waals surface area contributed by atoms with Crippen LogP contribution >= 0.6 is 46.4 Å². The number of para-hydroxylation sites is 2. The van der Waals surface area contributed by atoms with Crippen molar-refractivity contribution in [3.8, 4) is 5.75 Å². The van der Waals surface area contributed by atoms with E-state index in [-0.39, 0.29) is 0 Å². The third-order valence-electron chi connectivity index (χ3n) is 3.57. The number of rotatable bonds is 1. The second kappa shape index (κ2) is 8.28. The van der Waals surface area contributed by atoms with Gasteiger partial charge in [-0.05, 0) is 30.3 Å². The largest absolute Gasteiger partial charge is 0.494 e. The minimum Gasteiger partial charge on any atom is -0.494 e. The topological polar surface area (TPSA) is 35.0 Å². The van der Waals surface area contributed by atoms with Gasteiger partial charge in [0.2, 0.25) is 0 Å². The van der Waals surface area contributed by atoms with Crippen molar-refractivity contribution in [2.45, 2.75) is 0 Å². The molecule has 0 aliphatic carbocycles. The van der Waals surface area contributed by atoms with Gasteiger partial charge in [0.15, 0.2) is 10.9 Å². The summed E-state index contributed by atoms with van der Waals surface area (Å²) in [4.78, 5) is 8.26. The molecule has 0 atom stereocenters. The Labute approximate surface area is 170 Å². The summed E-state index contributed by atoms with van der Waals surface area (Å²) < 4.78 is 5.06. The molecule has 0 saturated heterocycles. The van der Waals surface area contributed by atoms with Gasteiger partial charge in [0.25, 0.3) is 0 Å². The molecule has 0 bridgehead atoms. The minimum absolute atomic E-state index is 0.327. The van der Waals surface area contributed by atoms with Gasteiger partial charge < -0.3 is 4.74 Å². The molecule has 0 aliphatic rings. The molecule has 7 heteroatoms. The number of pyridine rings is 2. The maximum absolute atomic E-state index is 5.96. The number of benzene rings is 2. The molecule has 0 amide bonds. The summed E-state index contributed by atoms with van der Waals surface area (Å²) in [7, 11) is 1.55. The van der Waals surface area contributed by atoms with Crippen molar-refractivity contribution in [2.75, 3.05) is 7.11 Å². The van der Waals surface area contributed by atoms with Crippen molar-refractivity contribution in [1.82, 2.24) is 9.97 Å². The molecular weight excluding hydrogens is 414 g/mol. The molecule has 2 heterocycles. The van der Waals surface area contributed by atoms with E-state index >= 15 is 0 Å². The molecular formula is C19H12Cl4N2O. The number of methoxy groups -OCH3 is 1. The molecule has 2 aromatic carbocycles. The number of nitrogens with zero attached hydrogens (tertiary/aromatic N) is 2. The van der Waals surface area contributed by atoms with Gasteiger partial charge >= 0.3 is 0 Å². The Morgan fingerprint density at radius 2 is 1.35 bits per heavy atom. The van der Waals surface area contributed by atoms with Gasteiger partial charge in [-0.2, -0.15) is 0 Å². The van der Waals surface area contributed by atoms with Crippen LogP contribution in [0.15, 0.2) is 54.6 Å². The summed E-state index contributed by atoms with van der Waals surface area (Å²) in [5.74, 6) is 0.557. The lowest BCUT2D eigenvalue weighted by Gasteiger charge is -2.05. The quantitative estimate of drug-likeness (QED) is 0.305. The van der Waals surface area contributed by atoms with Gasteiger partial charge in [-0.15, -0.1) is 0 Å². The van der Waals surface area contributed by atoms with Crippen molar-refractivity contribution in [3.63, 3.8) is 0 Å². The first-order valence-corrected chi connectivity index (χ1v) is 9.00. The molecule has 0 saturated carbocycles. The third-order valence-corrected chi connectivity index (χ3v) is 4.67. The van der Waals surface area contributed by atoms with Gasteiger partial charge in [0, 0.05) is 10.8 Å². The first-order chi connectivity index (χ1) is 12.5. The van der Waals surface area contributed by atoms with E-state index in [1.807, 2.05) is 36.4 Å². The van der Waals surface area contributed by atoms with Crippen molar-refractivity contribution in [3.05, 3.63) is 74.9 Å². The van der Waals surface area contributed by atoms with Crippen LogP contribution in [0, 0.1) is 0 Å². The van der Waals surface area contributed by atoms with Crippen LogP contribution in [-0.2, 0) is 0 Å². The Kier molecular flexibility index (Phi) is 6.05. The predicted octanol–water partition coefficient (Wildman–Crippen LogP) is 7.09. The smallest absolute Gasteiger partial charge is 0.171 e. The lowest BCUT2D eigenvalue weighted by atomic mass is 10.2. The van der Waals surface area contributed by atoms with E-state index in [0.717, 1.165) is 16.3 Å². The van der Waals surface area contributed by atoms with Crippen LogP contribution in [0.5, 0.6) is 5.75 Å². The van der Waals surface area contributed by atoms with Gasteiger partial charge in [0.1, 0.15) is 5.15 Å². The van der Waals surface area contributed by atoms with Crippen molar-refractivity contribution < 1.29 is 4.74 Å². The average Bonchev–Trinajstić information content (AvgIpc) is 2.63. The number of aromatic nitrogens is 2. The molecule has 2 aromatic heterocycles. The normalized spacial score (nSPS) is 10.5. The van der Waals surface area contributed by atoms with Crippen LogP contribution in [0.1, 0.15) is 0 Å². The van der Waals surface area contributed by atoms with E-state index in [2.05, 4.69) is 9.97 Å². The molecule has 0 N–H and O–H groups in total. The first kappa shape index (κ1) is 19.0. The fraction of sp³-hybridized carbons (Fsp3) is 0.0526. The second-order valence-corrected chi connectivity index (χ2v) is 6.80. The highest BCUT2D eigenvalue weighted by Gasteiger charge is 2.06. The highest BCUT2D eigenvalue weighted by molar-refractivity contribution is 6.36. The first-order valence-electron chi connectivity index (χ1n) is 7.49. The van der Waals surface area contributed by atoms with Crippen LogP contribution in [0.25, 0.3) is 21.8 Å². The van der Waals surface area contributed by atoms with Gasteiger partial charge in [-0.25, -0.2) is 9.97 Å². The lowest BCUT2D eigenvalue weighted by Crippen LogP contribution is -1.88. The van der Waals surface area contributed by atoms with Crippen LogP contribution in [-0.4, -0.2) is 17.1 Å². The summed E-state index contributed by atoms with van der Waals surface area (Å²) in [6.45, 7) is 0. The summed E-state index contributed by atoms with van der Waals surface area (Å²) in [6, 6.07) is 16.7. The highest BCUT2D eigenvalue weighted by Crippen LogP contribution is 2.30. The Morgan fingerprint density at radius 3 is 2.00 bits per heavy atom. The van der Waals surface area contributed by atoms with Crippen LogP contribution in [0.3, 0.4) is 0 Å². The molecule has 0 aliphatic heterocycles. The second-order valence-electron chi connectivity index (χ2n) is 5.24. The lowest BCUT2D eigenvalue weighted by molar-refractivity contribution is 0.414. The zero-order valence-electron chi connectivity index (χ0n) is 13.5. The Bertz CT molecular complexity index is 1090. The van der Waals surface area contributed by atoms with Crippen LogP contribution < -0.4 is 4.74 Å². The molecule has 26 heavy (non-hydrogen) atoms. The predicted molar refractivity (Wildman–Crippen MR) is 110 cm³/mol. The van der Waals surface area contributed by atoms with Crippen molar-refractivity contribution in [1.29, 1.82) is 0 Å². The fourth-order valence-corrected chi connectivity index (χ4v) is 3.16. The molecule has 0 unspecified atom stereocenters. The van der Waals surface area contributed by atoms with E-state index in [9.17, 15) is 0 Å². The molecule has 0 spiro atoms. The molecule has 0 fully saturated rings. The van der Waals surface area contributed by atoms with Crippen LogP contribution in [0.2, 0.25) is 20.4 Å². The maximum Gasteiger partial charge on any atom is 0.171 e. The minimum atomic E-state index is 0.327. The van der Waals surface area contributed by atoms with Crippen molar-refractivity contribution in [2.24, 2.45) is 0 Å². The maximum atomic E-state index is 5.96. The fourth-order valence-electron chi connectivity index (χ4n) is 2.35. The number of halogens is 4. The van der Waals surface area contributed by atoms with E-state index in [0.29, 0.717) is 31.6 Å². The Morgan fingerprint density at radius 1 is 0.731 bits per heavy atom. The molecule has 132 valence electrons. The van der Waals surface area contributed by atoms with E-state index < -0.39 is 0 Å². The summed E-state index contributed by atoms with van der Waals surface area (Å²) in [5.41, 5.74) is 1.45. The zero-order chi connectivity index (χ0) is 18.7. The average molecular weight is 426 g/mol. The third kappa shape index (κ3) is 4.13. The number of hydrogen-bond donors (Lipinski definition) is 0. The number of hydrogen-bond acceptors (Lipinski definition) is 3. The number of ether oxygens (including phenoxy) is 1. The van der Waals surface area contributed by atoms with Gasteiger partial charge in [0.05, 0.1) is 28.2 Å². The highest BCUT2D eigenvalue weighted by atomic mass is 35.5. The zero-order valence-corrected chi connectivity index (χ0v) is 16.5. The molecule has 4 aromatic rings. The summed E-state index contributed by atoms with van der Waals surface area (Å²) >= 11 is 23.5. The number of fused-ring (bicyclic) bond motifs is 2. The van der Waals surface area contributed by atoms with E-state index in [1.165, 1.54) is 0 Å². The monoisotopic (exact) mass is 424 g/mol. The molecule has 4 rings (SSSR count). The van der Waals surface area contributed by atoms with Gasteiger partial charge in [-0.3, -0.25) is 0 Å². The summed E-state index contributed by atoms with van der Waals surface area (Å²) in [5, 5.41) is 3.94. The van der Waals surface area contributed by atoms with Crippen molar-refractivity contribution >= 4 is 68.2 Å². The van der Waals surface area contributed by atoms with Gasteiger partial charge in [-0.1, -0.05) is 70.7 Å². The molecule has 0 radical (unpaired) electrons. The summed E-state index contributed by atoms with van der Waals surface area (Å²) in [6.07, 6.45) is 0. The van der Waals surface area contributed by atoms with E-state index in [1.54, 1.807) is 25.3 Å². The Balaban J connectivity index is 0.000000152. The van der Waals surface area contributed by atoms with E-state index in [4.69, 9.17) is 51.1 Å². The Hall–Kier alpha value is -1.78. The standard InChI is InChI=1S/C10H7Cl2NO.C9H5Cl2N/c1-14-8-5-6-3-2-4-7(11)9(6)13-10(8)12;10-7-3-1-2-6-4-5-8(11)12-9(6)7/h2-5H,1H3;1-5H. The molecule has 3 nitrogen and oxygen atoms in total. The van der Waals surface area contributed by atoms with Crippen LogP contribution in [0.4, 0.5) is 0 Å². The SMILES string of the molecule is COc1cc2cccc(Cl)c2nc1Cl.Clc1ccc2cccc(Cl)c2n1.